The number of carbonyl (C=O) groups excluding carboxylic acids is 1. The fourth-order valence-electron chi connectivity index (χ4n) is 2.31. The van der Waals surface area contributed by atoms with Crippen LogP contribution in [0.4, 0.5) is 0 Å². The third-order valence-corrected chi connectivity index (χ3v) is 4.10. The molecule has 0 bridgehead atoms. The summed E-state index contributed by atoms with van der Waals surface area (Å²) in [4.78, 5) is 13.9. The van der Waals surface area contributed by atoms with Crippen LogP contribution >= 0.6 is 35.4 Å². The number of amides is 1. The van der Waals surface area contributed by atoms with Crippen LogP contribution in [0.1, 0.15) is 13.8 Å². The number of morpholine rings is 1. The number of nitrogens with one attached hydrogen (secondary N) is 1. The van der Waals surface area contributed by atoms with E-state index in [-0.39, 0.29) is 24.7 Å². The van der Waals surface area contributed by atoms with Gasteiger partial charge in [0, 0.05) is 18.1 Å². The number of rotatable bonds is 3. The molecule has 1 aliphatic rings. The molecule has 1 fully saturated rings. The Labute approximate surface area is 150 Å². The molecule has 0 saturated carbocycles. The maximum absolute atomic E-state index is 12.0. The van der Waals surface area contributed by atoms with E-state index in [2.05, 4.69) is 5.32 Å². The summed E-state index contributed by atoms with van der Waals surface area (Å²) in [5.41, 5.74) is 0. The normalized spacial score (nSPS) is 21.0. The van der Waals surface area contributed by atoms with Crippen molar-refractivity contribution in [2.24, 2.45) is 0 Å². The number of carbonyl (C=O) groups is 1. The molecule has 23 heavy (non-hydrogen) atoms. The van der Waals surface area contributed by atoms with Gasteiger partial charge in [0.25, 0.3) is 5.91 Å². The number of hydrogen-bond acceptors (Lipinski definition) is 4. The van der Waals surface area contributed by atoms with Crippen LogP contribution in [0, 0.1) is 0 Å². The molecule has 1 amide bonds. The van der Waals surface area contributed by atoms with Gasteiger partial charge in [-0.2, -0.15) is 0 Å². The van der Waals surface area contributed by atoms with Crippen LogP contribution in [0.5, 0.6) is 5.75 Å². The monoisotopic (exact) mass is 376 g/mol. The molecule has 5 nitrogen and oxygen atoms in total. The lowest BCUT2D eigenvalue weighted by molar-refractivity contribution is -0.122. The van der Waals surface area contributed by atoms with E-state index in [1.807, 2.05) is 18.7 Å². The molecular formula is C15H18Cl2N2O3S. The zero-order valence-corrected chi connectivity index (χ0v) is 15.2. The Balaban J connectivity index is 1.83. The van der Waals surface area contributed by atoms with E-state index in [0.717, 1.165) is 0 Å². The summed E-state index contributed by atoms with van der Waals surface area (Å²) in [6, 6.07) is 4.81. The number of halogens is 2. The summed E-state index contributed by atoms with van der Waals surface area (Å²) >= 11 is 17.1. The molecule has 1 saturated heterocycles. The van der Waals surface area contributed by atoms with Gasteiger partial charge in [-0.3, -0.25) is 4.79 Å². The summed E-state index contributed by atoms with van der Waals surface area (Å²) < 4.78 is 11.0. The van der Waals surface area contributed by atoms with Crippen molar-refractivity contribution in [3.63, 3.8) is 0 Å². The third-order valence-electron chi connectivity index (χ3n) is 3.21. The Hall–Kier alpha value is -1.08. The van der Waals surface area contributed by atoms with Crippen molar-refractivity contribution in [1.29, 1.82) is 0 Å². The summed E-state index contributed by atoms with van der Waals surface area (Å²) in [6.45, 7) is 5.05. The molecule has 1 aliphatic heterocycles. The molecule has 0 spiro atoms. The molecule has 2 unspecified atom stereocenters. The van der Waals surface area contributed by atoms with Gasteiger partial charge >= 0.3 is 0 Å². The van der Waals surface area contributed by atoms with Gasteiger partial charge in [-0.05, 0) is 44.3 Å². The van der Waals surface area contributed by atoms with E-state index < -0.39 is 0 Å². The highest BCUT2D eigenvalue weighted by Gasteiger charge is 2.24. The second-order valence-electron chi connectivity index (χ2n) is 5.38. The lowest BCUT2D eigenvalue weighted by Gasteiger charge is -2.36. The zero-order valence-electron chi connectivity index (χ0n) is 12.8. The first kappa shape index (κ1) is 18.3. The summed E-state index contributed by atoms with van der Waals surface area (Å²) in [5, 5.41) is 3.89. The molecule has 1 aromatic carbocycles. The SMILES string of the molecule is CC1CN(C(=S)NC(=O)COc2ccc(Cl)cc2Cl)CC(C)O1. The molecule has 2 rings (SSSR count). The lowest BCUT2D eigenvalue weighted by Crippen LogP contribution is -2.53. The average molecular weight is 377 g/mol. The van der Waals surface area contributed by atoms with Crippen molar-refractivity contribution in [2.45, 2.75) is 26.1 Å². The number of hydrogen-bond donors (Lipinski definition) is 1. The Bertz CT molecular complexity index is 590. The molecule has 0 aliphatic carbocycles. The smallest absolute Gasteiger partial charge is 0.264 e. The molecule has 2 atom stereocenters. The minimum absolute atomic E-state index is 0.0673. The fraction of sp³-hybridized carbons (Fsp3) is 0.467. The highest BCUT2D eigenvalue weighted by molar-refractivity contribution is 7.80. The van der Waals surface area contributed by atoms with E-state index in [1.165, 1.54) is 0 Å². The molecule has 8 heteroatoms. The predicted octanol–water partition coefficient (Wildman–Crippen LogP) is 2.88. The topological polar surface area (TPSA) is 50.8 Å². The number of ether oxygens (including phenoxy) is 2. The van der Waals surface area contributed by atoms with E-state index >= 15 is 0 Å². The first-order chi connectivity index (χ1) is 10.8. The Morgan fingerprint density at radius 1 is 1.39 bits per heavy atom. The fourth-order valence-corrected chi connectivity index (χ4v) is 3.04. The van der Waals surface area contributed by atoms with Gasteiger partial charge < -0.3 is 19.7 Å². The molecule has 1 N–H and O–H groups in total. The zero-order chi connectivity index (χ0) is 17.0. The van der Waals surface area contributed by atoms with Gasteiger partial charge in [0.05, 0.1) is 17.2 Å². The van der Waals surface area contributed by atoms with E-state index in [0.29, 0.717) is 34.0 Å². The van der Waals surface area contributed by atoms with Gasteiger partial charge in [0.15, 0.2) is 11.7 Å². The van der Waals surface area contributed by atoms with E-state index in [1.54, 1.807) is 18.2 Å². The van der Waals surface area contributed by atoms with Crippen molar-refractivity contribution in [1.82, 2.24) is 10.2 Å². The maximum Gasteiger partial charge on any atom is 0.264 e. The highest BCUT2D eigenvalue weighted by atomic mass is 35.5. The third kappa shape index (κ3) is 5.49. The molecule has 1 aromatic rings. The molecule has 1 heterocycles. The minimum Gasteiger partial charge on any atom is -0.482 e. The van der Waals surface area contributed by atoms with Crippen molar-refractivity contribution in [2.75, 3.05) is 19.7 Å². The molecule has 126 valence electrons. The van der Waals surface area contributed by atoms with Crippen LogP contribution < -0.4 is 10.1 Å². The summed E-state index contributed by atoms with van der Waals surface area (Å²) in [6.07, 6.45) is 0.135. The predicted molar refractivity (Wildman–Crippen MR) is 94.3 cm³/mol. The van der Waals surface area contributed by atoms with Crippen LogP contribution in [-0.4, -0.2) is 47.8 Å². The summed E-state index contributed by atoms with van der Waals surface area (Å²) in [5.74, 6) is 0.0542. The minimum atomic E-state index is -0.340. The van der Waals surface area contributed by atoms with Gasteiger partial charge in [0.2, 0.25) is 0 Å². The highest BCUT2D eigenvalue weighted by Crippen LogP contribution is 2.27. The lowest BCUT2D eigenvalue weighted by atomic mass is 10.2. The average Bonchev–Trinajstić information content (AvgIpc) is 2.45. The van der Waals surface area contributed by atoms with Crippen LogP contribution in [0.15, 0.2) is 18.2 Å². The Morgan fingerprint density at radius 2 is 2.04 bits per heavy atom. The van der Waals surface area contributed by atoms with E-state index in [4.69, 9.17) is 44.9 Å². The summed E-state index contributed by atoms with van der Waals surface area (Å²) in [7, 11) is 0. The Morgan fingerprint density at radius 3 is 2.65 bits per heavy atom. The van der Waals surface area contributed by atoms with Crippen molar-refractivity contribution in [3.8, 4) is 5.75 Å². The maximum atomic E-state index is 12.0. The van der Waals surface area contributed by atoms with Crippen LogP contribution in [0.25, 0.3) is 0 Å². The second kappa shape index (κ2) is 8.15. The van der Waals surface area contributed by atoms with E-state index in [9.17, 15) is 4.79 Å². The van der Waals surface area contributed by atoms with Crippen molar-refractivity contribution in [3.05, 3.63) is 28.2 Å². The molecule has 0 radical (unpaired) electrons. The number of benzene rings is 1. The van der Waals surface area contributed by atoms with Gasteiger partial charge in [-0.15, -0.1) is 0 Å². The largest absolute Gasteiger partial charge is 0.482 e. The van der Waals surface area contributed by atoms with Crippen molar-refractivity contribution < 1.29 is 14.3 Å². The number of thiocarbonyl (C=S) groups is 1. The van der Waals surface area contributed by atoms with Gasteiger partial charge in [0.1, 0.15) is 5.75 Å². The Kier molecular flexibility index (Phi) is 6.47. The second-order valence-corrected chi connectivity index (χ2v) is 6.61. The standard InChI is InChI=1S/C15H18Cl2N2O3S/c1-9-6-19(7-10(2)22-9)15(23)18-14(20)8-21-13-4-3-11(16)5-12(13)17/h3-5,9-10H,6-8H2,1-2H3,(H,18,20,23). The van der Waals surface area contributed by atoms with Crippen LogP contribution in [0.3, 0.4) is 0 Å². The van der Waals surface area contributed by atoms with Crippen molar-refractivity contribution >= 4 is 46.4 Å². The molecule has 0 aromatic heterocycles. The quantitative estimate of drug-likeness (QED) is 0.821. The number of nitrogens with zero attached hydrogens (tertiary/aromatic N) is 1. The first-order valence-corrected chi connectivity index (χ1v) is 8.33. The van der Waals surface area contributed by atoms with Gasteiger partial charge in [-0.1, -0.05) is 23.2 Å². The van der Waals surface area contributed by atoms with Crippen LogP contribution in [-0.2, 0) is 9.53 Å². The van der Waals surface area contributed by atoms with Gasteiger partial charge in [-0.25, -0.2) is 0 Å². The van der Waals surface area contributed by atoms with Crippen LogP contribution in [0.2, 0.25) is 10.0 Å². The molecular weight excluding hydrogens is 359 g/mol. The first-order valence-electron chi connectivity index (χ1n) is 7.17.